The first-order chi connectivity index (χ1) is 31.3. The van der Waals surface area contributed by atoms with Crippen LogP contribution in [0.2, 0.25) is 0 Å². The Bertz CT molecular complexity index is 982. The van der Waals surface area contributed by atoms with Gasteiger partial charge in [-0.15, -0.1) is 0 Å². The first-order valence-corrected chi connectivity index (χ1v) is 28.8. The van der Waals surface area contributed by atoms with Crippen LogP contribution in [-0.2, 0) is 28.6 Å². The largest absolute Gasteiger partial charge is 0.462 e. The van der Waals surface area contributed by atoms with Gasteiger partial charge in [-0.25, -0.2) is 0 Å². The zero-order valence-electron chi connectivity index (χ0n) is 43.9. The molecule has 0 aliphatic rings. The first-order valence-electron chi connectivity index (χ1n) is 28.8. The summed E-state index contributed by atoms with van der Waals surface area (Å²) in [6.45, 7) is 11.4. The lowest BCUT2D eigenvalue weighted by Crippen LogP contribution is -2.30. The van der Waals surface area contributed by atoms with Gasteiger partial charge < -0.3 is 14.2 Å². The third-order valence-corrected chi connectivity index (χ3v) is 13.9. The van der Waals surface area contributed by atoms with Gasteiger partial charge in [0.1, 0.15) is 13.2 Å². The van der Waals surface area contributed by atoms with Crippen LogP contribution >= 0.6 is 0 Å². The van der Waals surface area contributed by atoms with Crippen molar-refractivity contribution in [1.29, 1.82) is 0 Å². The van der Waals surface area contributed by atoms with E-state index in [2.05, 4.69) is 34.6 Å². The Hall–Kier alpha value is -1.59. The second-order valence-corrected chi connectivity index (χ2v) is 20.4. The molecule has 64 heavy (non-hydrogen) atoms. The number of carbonyl (C=O) groups excluding carboxylic acids is 3. The molecule has 6 heteroatoms. The van der Waals surface area contributed by atoms with E-state index >= 15 is 0 Å². The number of hydrogen-bond donors (Lipinski definition) is 0. The van der Waals surface area contributed by atoms with Crippen LogP contribution in [0.5, 0.6) is 0 Å². The molecular formula is C58H112O6. The van der Waals surface area contributed by atoms with Gasteiger partial charge in [0.05, 0.1) is 0 Å². The van der Waals surface area contributed by atoms with E-state index < -0.39 is 6.10 Å². The summed E-state index contributed by atoms with van der Waals surface area (Å²) in [6.07, 6.45) is 53.7. The number of esters is 3. The maximum absolute atomic E-state index is 12.8. The molecule has 3 atom stereocenters. The predicted octanol–water partition coefficient (Wildman–Crippen LogP) is 18.9. The summed E-state index contributed by atoms with van der Waals surface area (Å²) in [5, 5.41) is 0. The van der Waals surface area contributed by atoms with Crippen molar-refractivity contribution < 1.29 is 28.6 Å². The molecule has 0 aromatic carbocycles. The van der Waals surface area contributed by atoms with Gasteiger partial charge in [-0.3, -0.25) is 14.4 Å². The quantitative estimate of drug-likeness (QED) is 0.0344. The topological polar surface area (TPSA) is 78.9 Å². The maximum Gasteiger partial charge on any atom is 0.306 e. The highest BCUT2D eigenvalue weighted by atomic mass is 16.6. The van der Waals surface area contributed by atoms with Crippen LogP contribution in [0.15, 0.2) is 0 Å². The molecule has 0 saturated heterocycles. The summed E-state index contributed by atoms with van der Waals surface area (Å²) in [6, 6.07) is 0. The van der Waals surface area contributed by atoms with Crippen molar-refractivity contribution in [3.63, 3.8) is 0 Å². The Morgan fingerprint density at radius 1 is 0.312 bits per heavy atom. The molecule has 0 spiro atoms. The number of hydrogen-bond acceptors (Lipinski definition) is 6. The Labute approximate surface area is 399 Å². The minimum Gasteiger partial charge on any atom is -0.462 e. The van der Waals surface area contributed by atoms with Gasteiger partial charge >= 0.3 is 17.9 Å². The molecule has 0 aliphatic carbocycles. The average Bonchev–Trinajstić information content (AvgIpc) is 3.29. The van der Waals surface area contributed by atoms with Gasteiger partial charge in [-0.1, -0.05) is 285 Å². The fraction of sp³-hybridized carbons (Fsp3) is 0.948. The van der Waals surface area contributed by atoms with E-state index in [1.54, 1.807) is 0 Å². The molecule has 0 aromatic heterocycles. The highest BCUT2D eigenvalue weighted by Gasteiger charge is 2.19. The van der Waals surface area contributed by atoms with Gasteiger partial charge in [-0.2, -0.15) is 0 Å². The van der Waals surface area contributed by atoms with Gasteiger partial charge in [0.2, 0.25) is 0 Å². The van der Waals surface area contributed by atoms with Crippen molar-refractivity contribution in [3.05, 3.63) is 0 Å². The zero-order valence-corrected chi connectivity index (χ0v) is 43.9. The molecule has 0 heterocycles. The normalized spacial score (nSPS) is 12.9. The highest BCUT2D eigenvalue weighted by Crippen LogP contribution is 2.19. The minimum atomic E-state index is -0.762. The lowest BCUT2D eigenvalue weighted by molar-refractivity contribution is -0.167. The molecule has 0 fully saturated rings. The first kappa shape index (κ1) is 62.4. The van der Waals surface area contributed by atoms with Crippen molar-refractivity contribution >= 4 is 17.9 Å². The third kappa shape index (κ3) is 48.3. The summed E-state index contributed by atoms with van der Waals surface area (Å²) in [5.74, 6) is 0.915. The number of carbonyl (C=O) groups is 3. The second kappa shape index (κ2) is 50.8. The van der Waals surface area contributed by atoms with E-state index in [9.17, 15) is 14.4 Å². The molecule has 2 unspecified atom stereocenters. The summed E-state index contributed by atoms with van der Waals surface area (Å²) in [5.41, 5.74) is 0. The maximum atomic E-state index is 12.8. The van der Waals surface area contributed by atoms with Crippen molar-refractivity contribution in [2.75, 3.05) is 13.2 Å². The fourth-order valence-corrected chi connectivity index (χ4v) is 8.81. The van der Waals surface area contributed by atoms with Crippen molar-refractivity contribution in [1.82, 2.24) is 0 Å². The molecule has 0 bridgehead atoms. The van der Waals surface area contributed by atoms with Crippen LogP contribution in [0, 0.1) is 11.8 Å². The Morgan fingerprint density at radius 3 is 0.812 bits per heavy atom. The third-order valence-electron chi connectivity index (χ3n) is 13.9. The summed E-state index contributed by atoms with van der Waals surface area (Å²) >= 11 is 0. The average molecular weight is 906 g/mol. The molecule has 0 amide bonds. The van der Waals surface area contributed by atoms with Gasteiger partial charge in [0, 0.05) is 19.3 Å². The van der Waals surface area contributed by atoms with E-state index in [0.29, 0.717) is 19.3 Å². The molecule has 0 radical (unpaired) electrons. The Kier molecular flexibility index (Phi) is 49.6. The molecular weight excluding hydrogens is 793 g/mol. The van der Waals surface area contributed by atoms with Crippen molar-refractivity contribution in [2.45, 2.75) is 330 Å². The molecule has 0 rings (SSSR count). The number of rotatable bonds is 52. The van der Waals surface area contributed by atoms with E-state index in [1.807, 2.05) is 0 Å². The van der Waals surface area contributed by atoms with Crippen LogP contribution in [0.3, 0.4) is 0 Å². The predicted molar refractivity (Wildman–Crippen MR) is 275 cm³/mol. The van der Waals surface area contributed by atoms with Crippen molar-refractivity contribution in [3.8, 4) is 0 Å². The monoisotopic (exact) mass is 905 g/mol. The van der Waals surface area contributed by atoms with E-state index in [0.717, 1.165) is 69.6 Å². The molecule has 380 valence electrons. The molecule has 0 aliphatic heterocycles. The van der Waals surface area contributed by atoms with Gasteiger partial charge in [0.15, 0.2) is 6.10 Å². The zero-order chi connectivity index (χ0) is 46.8. The summed E-state index contributed by atoms with van der Waals surface area (Å²) in [7, 11) is 0. The summed E-state index contributed by atoms with van der Waals surface area (Å²) < 4.78 is 16.9. The second-order valence-electron chi connectivity index (χ2n) is 20.4. The SMILES string of the molecule is CCCCCCCCCCCCCCC(=O)O[C@@H](COC(=O)CCCCCCCCCCCCCCCCCCCCC(C)CC)COC(=O)CCCCCCCCCCC(C)CC. The summed E-state index contributed by atoms with van der Waals surface area (Å²) in [4.78, 5) is 38.0. The Balaban J connectivity index is 4.20. The van der Waals surface area contributed by atoms with Gasteiger partial charge in [-0.05, 0) is 31.1 Å². The highest BCUT2D eigenvalue weighted by molar-refractivity contribution is 5.71. The standard InChI is InChI=1S/C58H112O6/c1-6-9-10-11-12-13-14-24-28-35-40-45-50-58(61)64-55(52-63-57(60)49-44-39-34-30-29-32-37-42-47-54(5)8-3)51-62-56(59)48-43-38-33-27-25-22-20-18-16-15-17-19-21-23-26-31-36-41-46-53(4)7-2/h53-55H,6-52H2,1-5H3/t53?,54?,55-/m0/s1. The molecule has 0 saturated carbocycles. The minimum absolute atomic E-state index is 0.0631. The number of unbranched alkanes of at least 4 members (excludes halogenated alkanes) is 35. The van der Waals surface area contributed by atoms with Crippen LogP contribution in [0.4, 0.5) is 0 Å². The van der Waals surface area contributed by atoms with Crippen molar-refractivity contribution in [2.24, 2.45) is 11.8 Å². The van der Waals surface area contributed by atoms with Gasteiger partial charge in [0.25, 0.3) is 0 Å². The van der Waals surface area contributed by atoms with Crippen LogP contribution in [-0.4, -0.2) is 37.2 Å². The number of ether oxygens (including phenoxy) is 3. The fourth-order valence-electron chi connectivity index (χ4n) is 8.81. The molecule has 6 nitrogen and oxygen atoms in total. The smallest absolute Gasteiger partial charge is 0.306 e. The van der Waals surface area contributed by atoms with Crippen LogP contribution in [0.1, 0.15) is 324 Å². The lowest BCUT2D eigenvalue weighted by Gasteiger charge is -2.18. The van der Waals surface area contributed by atoms with E-state index in [1.165, 1.54) is 212 Å². The molecule has 0 N–H and O–H groups in total. The van der Waals surface area contributed by atoms with Crippen LogP contribution in [0.25, 0.3) is 0 Å². The molecule has 0 aromatic rings. The van der Waals surface area contributed by atoms with E-state index in [4.69, 9.17) is 14.2 Å². The van der Waals surface area contributed by atoms with E-state index in [-0.39, 0.29) is 31.1 Å². The Morgan fingerprint density at radius 2 is 0.547 bits per heavy atom. The lowest BCUT2D eigenvalue weighted by atomic mass is 9.99. The van der Waals surface area contributed by atoms with Crippen LogP contribution < -0.4 is 0 Å².